The Morgan fingerprint density at radius 3 is 2.42 bits per heavy atom. The number of thiazole rings is 1. The molecule has 1 N–H and O–H groups in total. The van der Waals surface area contributed by atoms with Crippen LogP contribution in [0.2, 0.25) is 0 Å². The second-order valence-corrected chi connectivity index (χ2v) is 7.28. The number of carboxylic acids is 1. The Labute approximate surface area is 157 Å². The lowest BCUT2D eigenvalue weighted by Crippen LogP contribution is -1.97. The Kier molecular flexibility index (Phi) is 5.09. The summed E-state index contributed by atoms with van der Waals surface area (Å²) in [5, 5.41) is 10.0. The van der Waals surface area contributed by atoms with Gasteiger partial charge in [-0.25, -0.2) is 9.78 Å². The number of hydrogen-bond donors (Lipinski definition) is 1. The highest BCUT2D eigenvalue weighted by Gasteiger charge is 2.17. The monoisotopic (exact) mass is 367 g/mol. The quantitative estimate of drug-likeness (QED) is 0.620. The molecule has 3 aromatic rings. The van der Waals surface area contributed by atoms with Crippen LogP contribution in [0.4, 0.5) is 0 Å². The van der Waals surface area contributed by atoms with Gasteiger partial charge in [0.1, 0.15) is 21.4 Å². The molecule has 3 rings (SSSR count). The zero-order valence-electron chi connectivity index (χ0n) is 15.3. The van der Waals surface area contributed by atoms with E-state index in [9.17, 15) is 9.90 Å². The molecular weight excluding hydrogens is 346 g/mol. The highest BCUT2D eigenvalue weighted by molar-refractivity contribution is 7.17. The smallest absolute Gasteiger partial charge is 0.347 e. The fourth-order valence-corrected chi connectivity index (χ4v) is 3.78. The van der Waals surface area contributed by atoms with Crippen LogP contribution in [0.1, 0.15) is 39.0 Å². The highest BCUT2D eigenvalue weighted by atomic mass is 32.1. The largest absolute Gasteiger partial charge is 0.477 e. The van der Waals surface area contributed by atoms with E-state index in [0.717, 1.165) is 28.2 Å². The molecule has 0 aliphatic carbocycles. The van der Waals surface area contributed by atoms with Gasteiger partial charge in [0.05, 0.1) is 5.69 Å². The van der Waals surface area contributed by atoms with Crippen LogP contribution in [0, 0.1) is 20.8 Å². The van der Waals surface area contributed by atoms with Crippen LogP contribution < -0.4 is 4.74 Å². The standard InChI is InChI=1S/C21H21NO3S/c1-5-17-19(21(23)24)26-20(22-17)15-6-8-16(9-7-15)25-18-11-12(2)10-13(3)14(18)4/h6-11H,5H2,1-4H3,(H,23,24). The van der Waals surface area contributed by atoms with Gasteiger partial charge in [0, 0.05) is 5.56 Å². The zero-order valence-corrected chi connectivity index (χ0v) is 16.1. The third-order valence-corrected chi connectivity index (χ3v) is 5.45. The van der Waals surface area contributed by atoms with Crippen molar-refractivity contribution in [2.45, 2.75) is 34.1 Å². The highest BCUT2D eigenvalue weighted by Crippen LogP contribution is 2.32. The van der Waals surface area contributed by atoms with Crippen molar-refractivity contribution >= 4 is 17.3 Å². The minimum Gasteiger partial charge on any atom is -0.477 e. The van der Waals surface area contributed by atoms with Gasteiger partial charge in [0.25, 0.3) is 0 Å². The summed E-state index contributed by atoms with van der Waals surface area (Å²) in [5.41, 5.74) is 5.01. The molecule has 134 valence electrons. The molecule has 0 aliphatic heterocycles. The van der Waals surface area contributed by atoms with E-state index in [2.05, 4.69) is 24.9 Å². The van der Waals surface area contributed by atoms with Crippen molar-refractivity contribution in [3.63, 3.8) is 0 Å². The van der Waals surface area contributed by atoms with E-state index in [0.29, 0.717) is 22.0 Å². The third-order valence-electron chi connectivity index (χ3n) is 4.32. The minimum absolute atomic E-state index is 0.314. The summed E-state index contributed by atoms with van der Waals surface area (Å²) in [6.07, 6.45) is 0.602. The summed E-state index contributed by atoms with van der Waals surface area (Å²) >= 11 is 1.21. The molecular formula is C21H21NO3S. The number of carboxylic acid groups (broad SMARTS) is 1. The van der Waals surface area contributed by atoms with Gasteiger partial charge in [-0.3, -0.25) is 0 Å². The van der Waals surface area contributed by atoms with Crippen molar-refractivity contribution in [3.8, 4) is 22.1 Å². The first-order valence-electron chi connectivity index (χ1n) is 8.48. The summed E-state index contributed by atoms with van der Waals surface area (Å²) in [7, 11) is 0. The number of hydrogen-bond acceptors (Lipinski definition) is 4. The summed E-state index contributed by atoms with van der Waals surface area (Å²) in [5.74, 6) is 0.675. The van der Waals surface area contributed by atoms with Gasteiger partial charge in [-0.15, -0.1) is 11.3 Å². The normalized spacial score (nSPS) is 10.8. The van der Waals surface area contributed by atoms with Crippen LogP contribution in [-0.2, 0) is 6.42 Å². The zero-order chi connectivity index (χ0) is 18.8. The topological polar surface area (TPSA) is 59.4 Å². The lowest BCUT2D eigenvalue weighted by atomic mass is 10.1. The van der Waals surface area contributed by atoms with E-state index < -0.39 is 5.97 Å². The Bertz CT molecular complexity index is 958. The van der Waals surface area contributed by atoms with Crippen LogP contribution >= 0.6 is 11.3 Å². The van der Waals surface area contributed by atoms with Crippen LogP contribution in [0.25, 0.3) is 10.6 Å². The molecule has 0 spiro atoms. The number of aromatic carboxylic acids is 1. The molecule has 0 saturated heterocycles. The maximum absolute atomic E-state index is 11.3. The molecule has 0 atom stereocenters. The molecule has 0 fully saturated rings. The summed E-state index contributed by atoms with van der Waals surface area (Å²) in [6, 6.07) is 11.8. The first-order valence-corrected chi connectivity index (χ1v) is 9.29. The lowest BCUT2D eigenvalue weighted by molar-refractivity contribution is 0.0701. The molecule has 0 bridgehead atoms. The number of aryl methyl sites for hydroxylation is 3. The Morgan fingerprint density at radius 1 is 1.15 bits per heavy atom. The number of rotatable bonds is 5. The molecule has 0 saturated carbocycles. The fourth-order valence-electron chi connectivity index (χ4n) is 2.78. The molecule has 2 aromatic carbocycles. The van der Waals surface area contributed by atoms with Gasteiger partial charge in [-0.05, 0) is 74.2 Å². The van der Waals surface area contributed by atoms with Crippen LogP contribution in [0.5, 0.6) is 11.5 Å². The molecule has 0 aliphatic rings. The SMILES string of the molecule is CCc1nc(-c2ccc(Oc3cc(C)cc(C)c3C)cc2)sc1C(=O)O. The van der Waals surface area contributed by atoms with Gasteiger partial charge in [0.2, 0.25) is 0 Å². The number of benzene rings is 2. The first kappa shape index (κ1) is 18.1. The predicted octanol–water partition coefficient (Wildman–Crippen LogP) is 5.79. The molecule has 0 amide bonds. The number of nitrogens with zero attached hydrogens (tertiary/aromatic N) is 1. The fraction of sp³-hybridized carbons (Fsp3) is 0.238. The van der Waals surface area contributed by atoms with Gasteiger partial charge in [-0.2, -0.15) is 0 Å². The van der Waals surface area contributed by atoms with Crippen LogP contribution in [0.15, 0.2) is 36.4 Å². The summed E-state index contributed by atoms with van der Waals surface area (Å²) in [6.45, 7) is 8.09. The second kappa shape index (κ2) is 7.30. The van der Waals surface area contributed by atoms with Crippen molar-refractivity contribution in [1.82, 2.24) is 4.98 Å². The maximum Gasteiger partial charge on any atom is 0.347 e. The van der Waals surface area contributed by atoms with E-state index in [1.807, 2.05) is 44.2 Å². The summed E-state index contributed by atoms with van der Waals surface area (Å²) < 4.78 is 6.04. The van der Waals surface area contributed by atoms with E-state index in [-0.39, 0.29) is 0 Å². The van der Waals surface area contributed by atoms with E-state index >= 15 is 0 Å². The van der Waals surface area contributed by atoms with E-state index in [1.54, 1.807) is 0 Å². The second-order valence-electron chi connectivity index (χ2n) is 6.28. The van der Waals surface area contributed by atoms with E-state index in [4.69, 9.17) is 4.74 Å². The van der Waals surface area contributed by atoms with E-state index in [1.165, 1.54) is 16.9 Å². The Morgan fingerprint density at radius 2 is 1.85 bits per heavy atom. The number of carbonyl (C=O) groups is 1. The van der Waals surface area contributed by atoms with Crippen molar-refractivity contribution < 1.29 is 14.6 Å². The average Bonchev–Trinajstić information content (AvgIpc) is 3.04. The Balaban J connectivity index is 1.87. The van der Waals surface area contributed by atoms with Crippen molar-refractivity contribution in [1.29, 1.82) is 0 Å². The molecule has 26 heavy (non-hydrogen) atoms. The van der Waals surface area contributed by atoms with Gasteiger partial charge >= 0.3 is 5.97 Å². The molecule has 1 heterocycles. The minimum atomic E-state index is -0.921. The summed E-state index contributed by atoms with van der Waals surface area (Å²) in [4.78, 5) is 16.1. The van der Waals surface area contributed by atoms with Crippen molar-refractivity contribution in [2.75, 3.05) is 0 Å². The maximum atomic E-state index is 11.3. The van der Waals surface area contributed by atoms with Crippen LogP contribution in [0.3, 0.4) is 0 Å². The molecule has 4 nitrogen and oxygen atoms in total. The third kappa shape index (κ3) is 3.63. The molecule has 0 radical (unpaired) electrons. The predicted molar refractivity (Wildman–Crippen MR) is 105 cm³/mol. The van der Waals surface area contributed by atoms with Crippen molar-refractivity contribution in [2.24, 2.45) is 0 Å². The number of ether oxygens (including phenoxy) is 1. The van der Waals surface area contributed by atoms with Gasteiger partial charge in [0.15, 0.2) is 0 Å². The Hall–Kier alpha value is -2.66. The first-order chi connectivity index (χ1) is 12.4. The lowest BCUT2D eigenvalue weighted by Gasteiger charge is -2.12. The van der Waals surface area contributed by atoms with Crippen molar-refractivity contribution in [3.05, 3.63) is 63.7 Å². The molecule has 5 heteroatoms. The number of aromatic nitrogens is 1. The van der Waals surface area contributed by atoms with Gasteiger partial charge < -0.3 is 9.84 Å². The van der Waals surface area contributed by atoms with Gasteiger partial charge in [-0.1, -0.05) is 13.0 Å². The van der Waals surface area contributed by atoms with Crippen LogP contribution in [-0.4, -0.2) is 16.1 Å². The average molecular weight is 367 g/mol. The molecule has 0 unspecified atom stereocenters. The molecule has 1 aromatic heterocycles.